The molecule has 1 amide bonds. The molecule has 6 nitrogen and oxygen atoms in total. The summed E-state index contributed by atoms with van der Waals surface area (Å²) in [6.07, 6.45) is 0. The molecule has 4 aromatic rings. The van der Waals surface area contributed by atoms with Crippen molar-refractivity contribution in [1.29, 1.82) is 0 Å². The van der Waals surface area contributed by atoms with Crippen molar-refractivity contribution < 1.29 is 4.79 Å². The lowest BCUT2D eigenvalue weighted by Crippen LogP contribution is -2.23. The molecule has 174 valence electrons. The number of hydrogen-bond donors (Lipinski definition) is 2. The average Bonchev–Trinajstić information content (AvgIpc) is 3.21. The van der Waals surface area contributed by atoms with Crippen LogP contribution in [0.4, 0.5) is 11.4 Å². The second kappa shape index (κ2) is 11.2. The van der Waals surface area contributed by atoms with Crippen molar-refractivity contribution in [3.8, 4) is 0 Å². The summed E-state index contributed by atoms with van der Waals surface area (Å²) in [5.74, 6) is 0.705. The lowest BCUT2D eigenvalue weighted by molar-refractivity contribution is -0.115. The van der Waals surface area contributed by atoms with Crippen LogP contribution in [0.1, 0.15) is 23.9 Å². The minimum absolute atomic E-state index is 0.0797. The van der Waals surface area contributed by atoms with E-state index in [1.54, 1.807) is 0 Å². The van der Waals surface area contributed by atoms with E-state index in [4.69, 9.17) is 11.6 Å². The van der Waals surface area contributed by atoms with Gasteiger partial charge < -0.3 is 15.2 Å². The number of carbonyl (C=O) groups excluding carboxylic acids is 1. The first-order valence-corrected chi connectivity index (χ1v) is 12.2. The Hall–Kier alpha value is -3.29. The highest BCUT2D eigenvalue weighted by molar-refractivity contribution is 8.00. The molecule has 0 saturated heterocycles. The van der Waals surface area contributed by atoms with E-state index in [-0.39, 0.29) is 11.2 Å². The third-order valence-corrected chi connectivity index (χ3v) is 6.57. The van der Waals surface area contributed by atoms with Crippen LogP contribution in [-0.4, -0.2) is 25.9 Å². The van der Waals surface area contributed by atoms with Gasteiger partial charge in [0.15, 0.2) is 11.0 Å². The van der Waals surface area contributed by atoms with E-state index >= 15 is 0 Å². The van der Waals surface area contributed by atoms with E-state index in [0.717, 1.165) is 28.3 Å². The van der Waals surface area contributed by atoms with Crippen molar-refractivity contribution in [2.45, 2.75) is 37.3 Å². The van der Waals surface area contributed by atoms with E-state index in [1.165, 1.54) is 11.8 Å². The Kier molecular flexibility index (Phi) is 7.87. The van der Waals surface area contributed by atoms with Crippen molar-refractivity contribution in [3.05, 3.63) is 101 Å². The average molecular weight is 492 g/mol. The molecule has 4 rings (SSSR count). The van der Waals surface area contributed by atoms with Crippen molar-refractivity contribution in [1.82, 2.24) is 14.8 Å². The smallest absolute Gasteiger partial charge is 0.237 e. The minimum atomic E-state index is -0.350. The number of anilines is 2. The molecule has 8 heteroatoms. The van der Waals surface area contributed by atoms with Gasteiger partial charge >= 0.3 is 0 Å². The van der Waals surface area contributed by atoms with Gasteiger partial charge in [-0.05, 0) is 55.8 Å². The summed E-state index contributed by atoms with van der Waals surface area (Å²) < 4.78 is 2.05. The predicted octanol–water partition coefficient (Wildman–Crippen LogP) is 6.02. The number of carbonyl (C=O) groups is 1. The summed E-state index contributed by atoms with van der Waals surface area (Å²) in [5, 5.41) is 16.2. The zero-order chi connectivity index (χ0) is 23.9. The van der Waals surface area contributed by atoms with Crippen LogP contribution in [0.3, 0.4) is 0 Å². The Labute approximate surface area is 208 Å². The normalized spacial score (nSPS) is 11.7. The third-order valence-electron chi connectivity index (χ3n) is 5.24. The molecular weight excluding hydrogens is 466 g/mol. The van der Waals surface area contributed by atoms with Gasteiger partial charge in [-0.2, -0.15) is 0 Å². The first kappa shape index (κ1) is 23.9. The number of thioether (sulfide) groups is 1. The molecule has 0 aliphatic heterocycles. The van der Waals surface area contributed by atoms with Crippen molar-refractivity contribution in [2.24, 2.45) is 0 Å². The summed E-state index contributed by atoms with van der Waals surface area (Å²) in [6, 6.07) is 25.4. The number of halogens is 1. The molecule has 0 unspecified atom stereocenters. The summed E-state index contributed by atoms with van der Waals surface area (Å²) in [5.41, 5.74) is 4.00. The maximum absolute atomic E-state index is 12.8. The fourth-order valence-corrected chi connectivity index (χ4v) is 4.30. The molecule has 0 aliphatic carbocycles. The highest BCUT2D eigenvalue weighted by atomic mass is 35.5. The predicted molar refractivity (Wildman–Crippen MR) is 139 cm³/mol. The Morgan fingerprint density at radius 2 is 1.65 bits per heavy atom. The molecule has 34 heavy (non-hydrogen) atoms. The number of rotatable bonds is 9. The van der Waals surface area contributed by atoms with Gasteiger partial charge in [-0.3, -0.25) is 4.79 Å². The van der Waals surface area contributed by atoms with Gasteiger partial charge in [0.05, 0.1) is 18.3 Å². The number of aromatic nitrogens is 3. The van der Waals surface area contributed by atoms with E-state index in [0.29, 0.717) is 23.3 Å². The SMILES string of the molecule is Cc1ccc(NC(=O)[C@H](C)Sc2nnc(CNc3ccc(Cl)cc3)n2Cc2ccccc2)cc1. The van der Waals surface area contributed by atoms with Crippen LogP contribution in [0.15, 0.2) is 84.0 Å². The molecule has 1 heterocycles. The summed E-state index contributed by atoms with van der Waals surface area (Å²) in [6.45, 7) is 5.00. The molecule has 3 aromatic carbocycles. The molecule has 1 atom stereocenters. The van der Waals surface area contributed by atoms with Gasteiger partial charge in [0.2, 0.25) is 5.91 Å². The van der Waals surface area contributed by atoms with Crippen LogP contribution in [0.25, 0.3) is 0 Å². The molecule has 0 saturated carbocycles. The van der Waals surface area contributed by atoms with Crippen LogP contribution < -0.4 is 10.6 Å². The molecule has 1 aromatic heterocycles. The Balaban J connectivity index is 1.50. The van der Waals surface area contributed by atoms with Crippen molar-refractivity contribution in [3.63, 3.8) is 0 Å². The van der Waals surface area contributed by atoms with Crippen LogP contribution in [0.2, 0.25) is 5.02 Å². The minimum Gasteiger partial charge on any atom is -0.378 e. The van der Waals surface area contributed by atoms with Gasteiger partial charge in [-0.1, -0.05) is 71.4 Å². The maximum atomic E-state index is 12.8. The van der Waals surface area contributed by atoms with E-state index in [9.17, 15) is 4.79 Å². The largest absolute Gasteiger partial charge is 0.378 e. The van der Waals surface area contributed by atoms with Crippen LogP contribution >= 0.6 is 23.4 Å². The van der Waals surface area contributed by atoms with Crippen molar-refractivity contribution >= 4 is 40.6 Å². The van der Waals surface area contributed by atoms with E-state index < -0.39 is 0 Å². The molecule has 0 bridgehead atoms. The highest BCUT2D eigenvalue weighted by Gasteiger charge is 2.20. The maximum Gasteiger partial charge on any atom is 0.237 e. The Morgan fingerprint density at radius 3 is 2.35 bits per heavy atom. The molecule has 2 N–H and O–H groups in total. The Bertz CT molecular complexity index is 1230. The fourth-order valence-electron chi connectivity index (χ4n) is 3.30. The van der Waals surface area contributed by atoms with Crippen LogP contribution in [0, 0.1) is 6.92 Å². The van der Waals surface area contributed by atoms with Gasteiger partial charge in [0.1, 0.15) is 0 Å². The van der Waals surface area contributed by atoms with Gasteiger partial charge in [-0.25, -0.2) is 0 Å². The first-order chi connectivity index (χ1) is 16.5. The standard InChI is InChI=1S/C26H26ClN5OS/c1-18-8-12-23(13-9-18)29-25(33)19(2)34-26-31-30-24(16-28-22-14-10-21(27)11-15-22)32(26)17-20-6-4-3-5-7-20/h3-15,19,28H,16-17H2,1-2H3,(H,29,33)/t19-/m0/s1. The summed E-state index contributed by atoms with van der Waals surface area (Å²) in [7, 11) is 0. The van der Waals surface area contributed by atoms with Gasteiger partial charge in [0.25, 0.3) is 0 Å². The number of nitrogens with one attached hydrogen (secondary N) is 2. The number of hydrogen-bond acceptors (Lipinski definition) is 5. The lowest BCUT2D eigenvalue weighted by Gasteiger charge is -2.14. The van der Waals surface area contributed by atoms with E-state index in [2.05, 4.69) is 37.5 Å². The summed E-state index contributed by atoms with van der Waals surface area (Å²) in [4.78, 5) is 12.8. The zero-order valence-electron chi connectivity index (χ0n) is 19.0. The van der Waals surface area contributed by atoms with Crippen molar-refractivity contribution in [2.75, 3.05) is 10.6 Å². The second-order valence-electron chi connectivity index (χ2n) is 7.95. The lowest BCUT2D eigenvalue weighted by atomic mass is 10.2. The molecule has 0 fully saturated rings. The molecular formula is C26H26ClN5OS. The molecule has 0 aliphatic rings. The zero-order valence-corrected chi connectivity index (χ0v) is 20.6. The fraction of sp³-hybridized carbons (Fsp3) is 0.192. The van der Waals surface area contributed by atoms with Gasteiger partial charge in [-0.15, -0.1) is 10.2 Å². The third kappa shape index (κ3) is 6.40. The number of amides is 1. The topological polar surface area (TPSA) is 71.8 Å². The quantitative estimate of drug-likeness (QED) is 0.280. The summed E-state index contributed by atoms with van der Waals surface area (Å²) >= 11 is 7.39. The first-order valence-electron chi connectivity index (χ1n) is 11.0. The van der Waals surface area contributed by atoms with Crippen LogP contribution in [-0.2, 0) is 17.9 Å². The Morgan fingerprint density at radius 1 is 0.971 bits per heavy atom. The highest BCUT2D eigenvalue weighted by Crippen LogP contribution is 2.25. The number of nitrogens with zero attached hydrogens (tertiary/aromatic N) is 3. The second-order valence-corrected chi connectivity index (χ2v) is 9.69. The van der Waals surface area contributed by atoms with E-state index in [1.807, 2.05) is 80.6 Å². The molecule has 0 radical (unpaired) electrons. The monoisotopic (exact) mass is 491 g/mol. The number of benzene rings is 3. The van der Waals surface area contributed by atoms with Gasteiger partial charge in [0, 0.05) is 16.4 Å². The van der Waals surface area contributed by atoms with Crippen LogP contribution in [0.5, 0.6) is 0 Å². The number of aryl methyl sites for hydroxylation is 1. The molecule has 0 spiro atoms.